The smallest absolute Gasteiger partial charge is 0.332 e. The first-order valence-electron chi connectivity index (χ1n) is 7.80. The Morgan fingerprint density at radius 2 is 1.75 bits per heavy atom. The number of hydrogen-bond acceptors (Lipinski definition) is 3. The molecule has 1 heterocycles. The third-order valence-electron chi connectivity index (χ3n) is 3.83. The van der Waals surface area contributed by atoms with E-state index in [-0.39, 0.29) is 5.56 Å². The molecule has 146 valence electrons. The molecule has 3 N–H and O–H groups in total. The average Bonchev–Trinajstić information content (AvgIpc) is 2.95. The van der Waals surface area contributed by atoms with Crippen molar-refractivity contribution >= 4 is 75.8 Å². The van der Waals surface area contributed by atoms with Crippen LogP contribution in [0.25, 0.3) is 16.2 Å². The molecule has 0 radical (unpaired) electrons. The number of amides is 1. The predicted octanol–water partition coefficient (Wildman–Crippen LogP) is 5.87. The van der Waals surface area contributed by atoms with Crippen molar-refractivity contribution in [1.29, 1.82) is 0 Å². The Morgan fingerprint density at radius 3 is 2.39 bits per heavy atom. The van der Waals surface area contributed by atoms with E-state index >= 15 is 0 Å². The van der Waals surface area contributed by atoms with E-state index in [0.29, 0.717) is 26.0 Å². The maximum Gasteiger partial charge on any atom is 0.342 e. The van der Waals surface area contributed by atoms with Crippen LogP contribution in [-0.4, -0.2) is 15.7 Å². The van der Waals surface area contributed by atoms with E-state index in [1.807, 2.05) is 0 Å². The second kappa shape index (κ2) is 8.56. The van der Waals surface area contributed by atoms with Crippen LogP contribution >= 0.6 is 53.7 Å². The molecule has 1 atom stereocenters. The van der Waals surface area contributed by atoms with Crippen LogP contribution in [0.2, 0.25) is 15.1 Å². The molecule has 5 nitrogen and oxygen atoms in total. The number of fused-ring (bicyclic) bond motifs is 1. The summed E-state index contributed by atoms with van der Waals surface area (Å²) in [4.78, 5) is 32.2. The van der Waals surface area contributed by atoms with Gasteiger partial charge in [0.15, 0.2) is 5.66 Å². The van der Waals surface area contributed by atoms with Gasteiger partial charge < -0.3 is 15.1 Å². The van der Waals surface area contributed by atoms with Crippen LogP contribution in [0.15, 0.2) is 48.0 Å². The minimum absolute atomic E-state index is 0.229. The van der Waals surface area contributed by atoms with Gasteiger partial charge in [-0.1, -0.05) is 34.8 Å². The summed E-state index contributed by atoms with van der Waals surface area (Å²) in [5, 5.41) is 5.77. The zero-order valence-corrected chi connectivity index (χ0v) is 18.0. The van der Waals surface area contributed by atoms with Crippen LogP contribution in [0.1, 0.15) is 16.8 Å². The van der Waals surface area contributed by atoms with Crippen LogP contribution < -0.4 is 5.32 Å². The molecule has 0 aliphatic rings. The highest BCUT2D eigenvalue weighted by molar-refractivity contribution is 7.53. The van der Waals surface area contributed by atoms with Crippen molar-refractivity contribution in [2.45, 2.75) is 5.66 Å². The zero-order chi connectivity index (χ0) is 20.5. The molecule has 0 saturated carbocycles. The summed E-state index contributed by atoms with van der Waals surface area (Å²) in [5.41, 5.74) is -0.807. The van der Waals surface area contributed by atoms with Gasteiger partial charge in [-0.15, -0.1) is 11.3 Å². The van der Waals surface area contributed by atoms with Crippen LogP contribution in [0.4, 0.5) is 0 Å². The Morgan fingerprint density at radius 1 is 1.07 bits per heavy atom. The quantitative estimate of drug-likeness (QED) is 0.402. The molecule has 0 unspecified atom stereocenters. The van der Waals surface area contributed by atoms with E-state index in [1.54, 1.807) is 41.8 Å². The first-order chi connectivity index (χ1) is 13.1. The van der Waals surface area contributed by atoms with Crippen molar-refractivity contribution < 1.29 is 19.1 Å². The number of thiophene rings is 1. The topological polar surface area (TPSA) is 86.6 Å². The second-order valence-corrected chi connectivity index (χ2v) is 9.78. The predicted molar refractivity (Wildman–Crippen MR) is 115 cm³/mol. The maximum absolute atomic E-state index is 12.6. The van der Waals surface area contributed by atoms with Gasteiger partial charge >= 0.3 is 7.60 Å². The Balaban J connectivity index is 1.89. The number of halogens is 3. The number of hydrogen-bond donors (Lipinski definition) is 3. The number of rotatable bonds is 5. The Kier molecular flexibility index (Phi) is 6.52. The summed E-state index contributed by atoms with van der Waals surface area (Å²) in [6.07, 6.45) is 2.81. The summed E-state index contributed by atoms with van der Waals surface area (Å²) in [7, 11) is -4.79. The Bertz CT molecular complexity index is 1100. The summed E-state index contributed by atoms with van der Waals surface area (Å²) in [6.45, 7) is 0. The molecule has 3 rings (SSSR count). The summed E-state index contributed by atoms with van der Waals surface area (Å²) >= 11 is 19.1. The number of carbonyl (C=O) groups excluding carboxylic acids is 1. The van der Waals surface area contributed by atoms with Gasteiger partial charge in [0.2, 0.25) is 5.91 Å². The van der Waals surface area contributed by atoms with E-state index in [2.05, 4.69) is 5.32 Å². The first-order valence-corrected chi connectivity index (χ1v) is 11.5. The Labute approximate surface area is 179 Å². The fourth-order valence-corrected chi connectivity index (χ4v) is 5.42. The molecular formula is C18H13Cl3NO4PS. The first kappa shape index (κ1) is 21.3. The van der Waals surface area contributed by atoms with Gasteiger partial charge in [-0.05, 0) is 64.4 Å². The fraction of sp³-hybridized carbons (Fsp3) is 0.0556. The standard InChI is InChI=1S/C18H13Cl3NO4PS/c19-11-1-2-16-14(8-11)15(9-28-16)17(27(24,25)26)18(23)22-4-3-10-5-12(20)7-13(21)6-10/h1-9,17H,(H,22,23)(H2,24,25,26)/b4-3+/t17-/m1/s1. The third kappa shape index (κ3) is 4.97. The largest absolute Gasteiger partial charge is 0.342 e. The SMILES string of the molecule is O=C(N/C=C/c1cc(Cl)cc(Cl)c1)[C@@H](c1csc2ccc(Cl)cc12)P(=O)(O)O. The minimum Gasteiger partial charge on any atom is -0.332 e. The van der Waals surface area contributed by atoms with Crippen LogP contribution in [0.3, 0.4) is 0 Å². The molecule has 0 bridgehead atoms. The second-order valence-electron chi connectivity index (χ2n) is 5.87. The molecule has 0 saturated heterocycles. The highest BCUT2D eigenvalue weighted by Gasteiger charge is 2.38. The van der Waals surface area contributed by atoms with Gasteiger partial charge in [0.1, 0.15) is 0 Å². The van der Waals surface area contributed by atoms with E-state index < -0.39 is 19.2 Å². The molecule has 0 aliphatic heterocycles. The molecule has 3 aromatic rings. The lowest BCUT2D eigenvalue weighted by molar-refractivity contribution is -0.120. The van der Waals surface area contributed by atoms with Gasteiger partial charge in [-0.25, -0.2) is 0 Å². The molecule has 10 heteroatoms. The number of benzene rings is 2. The Hall–Kier alpha value is -1.37. The van der Waals surface area contributed by atoms with Gasteiger partial charge in [0.25, 0.3) is 0 Å². The van der Waals surface area contributed by atoms with Gasteiger partial charge in [-0.3, -0.25) is 9.36 Å². The average molecular weight is 477 g/mol. The van der Waals surface area contributed by atoms with Crippen molar-refractivity contribution in [3.8, 4) is 0 Å². The lowest BCUT2D eigenvalue weighted by Gasteiger charge is -2.16. The van der Waals surface area contributed by atoms with E-state index in [0.717, 1.165) is 4.70 Å². The molecule has 1 aromatic heterocycles. The molecule has 0 aliphatic carbocycles. The molecule has 0 fully saturated rings. The number of carbonyl (C=O) groups is 1. The van der Waals surface area contributed by atoms with Crippen LogP contribution in [0.5, 0.6) is 0 Å². The highest BCUT2D eigenvalue weighted by Crippen LogP contribution is 2.54. The summed E-state index contributed by atoms with van der Waals surface area (Å²) in [5.74, 6) is -0.836. The van der Waals surface area contributed by atoms with Crippen molar-refractivity contribution in [3.05, 3.63) is 74.2 Å². The molecule has 28 heavy (non-hydrogen) atoms. The summed E-state index contributed by atoms with van der Waals surface area (Å²) in [6, 6.07) is 9.83. The van der Waals surface area contributed by atoms with Gasteiger partial charge in [-0.2, -0.15) is 0 Å². The summed E-state index contributed by atoms with van der Waals surface area (Å²) < 4.78 is 12.8. The van der Waals surface area contributed by atoms with Gasteiger partial charge in [0, 0.05) is 26.0 Å². The normalized spacial score (nSPS) is 13.2. The molecule has 1 amide bonds. The zero-order valence-electron chi connectivity index (χ0n) is 14.0. The van der Waals surface area contributed by atoms with Crippen LogP contribution in [-0.2, 0) is 9.36 Å². The van der Waals surface area contributed by atoms with E-state index in [9.17, 15) is 19.1 Å². The van der Waals surface area contributed by atoms with Crippen LogP contribution in [0, 0.1) is 0 Å². The molecular weight excluding hydrogens is 464 g/mol. The lowest BCUT2D eigenvalue weighted by Crippen LogP contribution is -2.25. The monoisotopic (exact) mass is 475 g/mol. The van der Waals surface area contributed by atoms with Crippen molar-refractivity contribution in [3.63, 3.8) is 0 Å². The minimum atomic E-state index is -4.79. The maximum atomic E-state index is 12.6. The van der Waals surface area contributed by atoms with Crippen molar-refractivity contribution in [1.82, 2.24) is 5.32 Å². The fourth-order valence-electron chi connectivity index (χ4n) is 2.68. The van der Waals surface area contributed by atoms with Crippen molar-refractivity contribution in [2.75, 3.05) is 0 Å². The number of nitrogens with one attached hydrogen (secondary N) is 1. The van der Waals surface area contributed by atoms with Crippen molar-refractivity contribution in [2.24, 2.45) is 0 Å². The molecule has 2 aromatic carbocycles. The van der Waals surface area contributed by atoms with E-state index in [4.69, 9.17) is 34.8 Å². The van der Waals surface area contributed by atoms with E-state index in [1.165, 1.54) is 23.6 Å². The van der Waals surface area contributed by atoms with Gasteiger partial charge in [0.05, 0.1) is 0 Å². The third-order valence-corrected chi connectivity index (χ3v) is 6.67. The molecule has 0 spiro atoms. The highest BCUT2D eigenvalue weighted by atomic mass is 35.5. The lowest BCUT2D eigenvalue weighted by atomic mass is 10.1.